The molecule has 2 atom stereocenters. The average molecular weight is 305 g/mol. The second kappa shape index (κ2) is 6.72. The number of nitrogens with zero attached hydrogens (tertiary/aromatic N) is 1. The first-order chi connectivity index (χ1) is 10.2. The zero-order chi connectivity index (χ0) is 14.7. The summed E-state index contributed by atoms with van der Waals surface area (Å²) in [5.74, 6) is 2.68. The minimum atomic E-state index is 0.0948. The Labute approximate surface area is 133 Å². The van der Waals surface area contributed by atoms with Crippen molar-refractivity contribution in [1.29, 1.82) is 0 Å². The van der Waals surface area contributed by atoms with Crippen molar-refractivity contribution in [1.82, 2.24) is 10.2 Å². The molecule has 0 radical (unpaired) electrons. The van der Waals surface area contributed by atoms with Crippen molar-refractivity contribution in [2.75, 3.05) is 24.6 Å². The third-order valence-electron chi connectivity index (χ3n) is 5.24. The van der Waals surface area contributed by atoms with Crippen LogP contribution in [0.3, 0.4) is 0 Å². The average Bonchev–Trinajstić information content (AvgIpc) is 2.56. The number of nitrogens with one attached hydrogen (secondary N) is 1. The normalized spacial score (nSPS) is 32.2. The number of hydrogen-bond acceptors (Lipinski definition) is 3. The molecule has 0 aliphatic carbocycles. The van der Waals surface area contributed by atoms with Gasteiger partial charge in [-0.05, 0) is 43.3 Å². The lowest BCUT2D eigenvalue weighted by Gasteiger charge is -2.50. The Morgan fingerprint density at radius 3 is 2.62 bits per heavy atom. The van der Waals surface area contributed by atoms with Gasteiger partial charge >= 0.3 is 0 Å². The number of hydrogen-bond donors (Lipinski definition) is 1. The summed E-state index contributed by atoms with van der Waals surface area (Å²) in [5, 5.41) is 3.83. The lowest BCUT2D eigenvalue weighted by atomic mass is 9.86. The van der Waals surface area contributed by atoms with E-state index in [1.54, 1.807) is 0 Å². The molecule has 0 bridgehead atoms. The van der Waals surface area contributed by atoms with Crippen LogP contribution >= 0.6 is 11.8 Å². The summed E-state index contributed by atoms with van der Waals surface area (Å²) in [6, 6.07) is 12.5. The van der Waals surface area contributed by atoms with E-state index in [2.05, 4.69) is 66.2 Å². The minimum Gasteiger partial charge on any atom is -0.305 e. The van der Waals surface area contributed by atoms with Crippen LogP contribution in [0, 0.1) is 0 Å². The Morgan fingerprint density at radius 1 is 1.24 bits per heavy atom. The highest BCUT2D eigenvalue weighted by Gasteiger charge is 2.39. The van der Waals surface area contributed by atoms with Crippen molar-refractivity contribution in [2.45, 2.75) is 50.7 Å². The molecule has 0 saturated carbocycles. The summed E-state index contributed by atoms with van der Waals surface area (Å²) in [5.41, 5.74) is 1.52. The molecule has 2 aliphatic heterocycles. The van der Waals surface area contributed by atoms with Gasteiger partial charge in [-0.3, -0.25) is 4.90 Å². The molecule has 0 spiro atoms. The van der Waals surface area contributed by atoms with Crippen molar-refractivity contribution in [3.63, 3.8) is 0 Å². The maximum Gasteiger partial charge on any atom is 0.0535 e. The van der Waals surface area contributed by atoms with Crippen molar-refractivity contribution >= 4 is 11.8 Å². The minimum absolute atomic E-state index is 0.0948. The van der Waals surface area contributed by atoms with E-state index < -0.39 is 0 Å². The van der Waals surface area contributed by atoms with E-state index in [9.17, 15) is 0 Å². The second-order valence-corrected chi connectivity index (χ2v) is 7.88. The van der Waals surface area contributed by atoms with Gasteiger partial charge in [0.25, 0.3) is 0 Å². The van der Waals surface area contributed by atoms with Crippen LogP contribution in [-0.4, -0.2) is 41.6 Å². The second-order valence-electron chi connectivity index (χ2n) is 6.66. The first kappa shape index (κ1) is 15.4. The smallest absolute Gasteiger partial charge is 0.0535 e. The van der Waals surface area contributed by atoms with Crippen LogP contribution < -0.4 is 5.32 Å². The zero-order valence-electron chi connectivity index (χ0n) is 13.3. The van der Waals surface area contributed by atoms with Gasteiger partial charge < -0.3 is 5.32 Å². The van der Waals surface area contributed by atoms with E-state index >= 15 is 0 Å². The standard InChI is InChI=1S/C18H28N2S/c1-3-16-13-19-18(2,15-7-5-4-6-8-15)14-20(16)17-9-11-21-12-10-17/h4-8,16-17,19H,3,9-14H2,1-2H3. The van der Waals surface area contributed by atoms with E-state index in [4.69, 9.17) is 0 Å². The van der Waals surface area contributed by atoms with Crippen molar-refractivity contribution in [3.8, 4) is 0 Å². The monoisotopic (exact) mass is 304 g/mol. The Bertz CT molecular complexity index is 444. The highest BCUT2D eigenvalue weighted by Crippen LogP contribution is 2.32. The molecule has 0 amide bonds. The van der Waals surface area contributed by atoms with Gasteiger partial charge in [0.05, 0.1) is 5.54 Å². The van der Waals surface area contributed by atoms with Crippen LogP contribution in [0.1, 0.15) is 38.7 Å². The molecule has 2 fully saturated rings. The van der Waals surface area contributed by atoms with E-state index in [0.717, 1.165) is 19.1 Å². The molecule has 116 valence electrons. The highest BCUT2D eigenvalue weighted by molar-refractivity contribution is 7.99. The van der Waals surface area contributed by atoms with Crippen molar-refractivity contribution < 1.29 is 0 Å². The highest BCUT2D eigenvalue weighted by atomic mass is 32.2. The van der Waals surface area contributed by atoms with E-state index in [0.29, 0.717) is 6.04 Å². The van der Waals surface area contributed by atoms with Crippen LogP contribution in [0.15, 0.2) is 30.3 Å². The molecule has 3 heteroatoms. The summed E-state index contributed by atoms with van der Waals surface area (Å²) in [6.45, 7) is 6.97. The number of benzene rings is 1. The Hall–Kier alpha value is -0.510. The van der Waals surface area contributed by atoms with E-state index in [1.165, 1.54) is 36.3 Å². The van der Waals surface area contributed by atoms with Gasteiger partial charge in [-0.2, -0.15) is 11.8 Å². The van der Waals surface area contributed by atoms with E-state index in [-0.39, 0.29) is 5.54 Å². The summed E-state index contributed by atoms with van der Waals surface area (Å²) < 4.78 is 0. The number of rotatable bonds is 3. The fourth-order valence-corrected chi connectivity index (χ4v) is 4.91. The lowest BCUT2D eigenvalue weighted by molar-refractivity contribution is 0.0405. The zero-order valence-corrected chi connectivity index (χ0v) is 14.2. The Morgan fingerprint density at radius 2 is 1.95 bits per heavy atom. The van der Waals surface area contributed by atoms with Gasteiger partial charge in [0, 0.05) is 25.2 Å². The van der Waals surface area contributed by atoms with Gasteiger partial charge in [0.15, 0.2) is 0 Å². The van der Waals surface area contributed by atoms with Crippen molar-refractivity contribution in [3.05, 3.63) is 35.9 Å². The molecule has 2 aliphatic rings. The molecule has 2 heterocycles. The van der Waals surface area contributed by atoms with Gasteiger partial charge in [0.1, 0.15) is 0 Å². The van der Waals surface area contributed by atoms with Gasteiger partial charge in [-0.25, -0.2) is 0 Å². The SMILES string of the molecule is CCC1CNC(C)(c2ccccc2)CN1C1CCSCC1. The number of thioether (sulfide) groups is 1. The predicted octanol–water partition coefficient (Wildman–Crippen LogP) is 3.48. The molecule has 1 aromatic rings. The molecule has 1 N–H and O–H groups in total. The summed E-state index contributed by atoms with van der Waals surface area (Å²) in [6.07, 6.45) is 3.99. The van der Waals surface area contributed by atoms with Crippen LogP contribution in [-0.2, 0) is 5.54 Å². The molecular weight excluding hydrogens is 276 g/mol. The van der Waals surface area contributed by atoms with Gasteiger partial charge in [-0.15, -0.1) is 0 Å². The number of piperazine rings is 1. The van der Waals surface area contributed by atoms with Crippen LogP contribution in [0.25, 0.3) is 0 Å². The summed E-state index contributed by atoms with van der Waals surface area (Å²) in [7, 11) is 0. The molecular formula is C18H28N2S. The molecule has 1 aromatic carbocycles. The van der Waals surface area contributed by atoms with Crippen molar-refractivity contribution in [2.24, 2.45) is 0 Å². The third kappa shape index (κ3) is 3.30. The maximum absolute atomic E-state index is 3.83. The molecule has 3 rings (SSSR count). The summed E-state index contributed by atoms with van der Waals surface area (Å²) >= 11 is 2.13. The molecule has 2 saturated heterocycles. The van der Waals surface area contributed by atoms with E-state index in [1.807, 2.05) is 0 Å². The molecule has 2 nitrogen and oxygen atoms in total. The fraction of sp³-hybridized carbons (Fsp3) is 0.667. The first-order valence-corrected chi connectivity index (χ1v) is 9.52. The van der Waals surface area contributed by atoms with Gasteiger partial charge in [0.2, 0.25) is 0 Å². The topological polar surface area (TPSA) is 15.3 Å². The fourth-order valence-electron chi connectivity index (χ4n) is 3.83. The third-order valence-corrected chi connectivity index (χ3v) is 6.29. The predicted molar refractivity (Wildman–Crippen MR) is 92.9 cm³/mol. The summed E-state index contributed by atoms with van der Waals surface area (Å²) in [4.78, 5) is 2.82. The molecule has 0 aromatic heterocycles. The quantitative estimate of drug-likeness (QED) is 0.920. The van der Waals surface area contributed by atoms with Crippen LogP contribution in [0.5, 0.6) is 0 Å². The largest absolute Gasteiger partial charge is 0.305 e. The molecule has 2 unspecified atom stereocenters. The van der Waals surface area contributed by atoms with Crippen LogP contribution in [0.2, 0.25) is 0 Å². The maximum atomic E-state index is 3.83. The van der Waals surface area contributed by atoms with Crippen LogP contribution in [0.4, 0.5) is 0 Å². The first-order valence-electron chi connectivity index (χ1n) is 8.37. The Balaban J connectivity index is 1.80. The lowest BCUT2D eigenvalue weighted by Crippen LogP contribution is -2.63. The Kier molecular flexibility index (Phi) is 4.92. The molecule has 21 heavy (non-hydrogen) atoms. The van der Waals surface area contributed by atoms with Gasteiger partial charge in [-0.1, -0.05) is 37.3 Å².